The number of aromatic nitrogens is 1. The first-order valence-electron chi connectivity index (χ1n) is 4.35. The van der Waals surface area contributed by atoms with Gasteiger partial charge in [0, 0.05) is 16.4 Å². The van der Waals surface area contributed by atoms with Crippen LogP contribution in [0, 0.1) is 0 Å². The van der Waals surface area contributed by atoms with Gasteiger partial charge in [-0.1, -0.05) is 22.9 Å². The minimum atomic E-state index is 0.692. The SMILES string of the molecule is CCC(Br)CCCc1nccs1. The highest BCUT2D eigenvalue weighted by Gasteiger charge is 2.01. The monoisotopic (exact) mass is 247 g/mol. The fourth-order valence-corrected chi connectivity index (χ4v) is 2.04. The summed E-state index contributed by atoms with van der Waals surface area (Å²) >= 11 is 5.38. The number of alkyl halides is 1. The van der Waals surface area contributed by atoms with Crippen LogP contribution in [-0.2, 0) is 6.42 Å². The van der Waals surface area contributed by atoms with E-state index >= 15 is 0 Å². The van der Waals surface area contributed by atoms with Crippen molar-refractivity contribution in [3.8, 4) is 0 Å². The van der Waals surface area contributed by atoms with Crippen molar-refractivity contribution >= 4 is 27.3 Å². The second-order valence-corrected chi connectivity index (χ2v) is 5.10. The average Bonchev–Trinajstić information content (AvgIpc) is 2.57. The van der Waals surface area contributed by atoms with E-state index in [4.69, 9.17) is 0 Å². The molecule has 0 bridgehead atoms. The van der Waals surface area contributed by atoms with Gasteiger partial charge in [0.2, 0.25) is 0 Å². The molecule has 0 saturated heterocycles. The summed E-state index contributed by atoms with van der Waals surface area (Å²) in [5.74, 6) is 0. The molecule has 1 unspecified atom stereocenters. The van der Waals surface area contributed by atoms with Gasteiger partial charge in [-0.15, -0.1) is 11.3 Å². The molecular weight excluding hydrogens is 234 g/mol. The van der Waals surface area contributed by atoms with E-state index in [-0.39, 0.29) is 0 Å². The first-order valence-corrected chi connectivity index (χ1v) is 6.15. The van der Waals surface area contributed by atoms with Crippen LogP contribution in [0.3, 0.4) is 0 Å². The molecule has 0 fully saturated rings. The third-order valence-corrected chi connectivity index (χ3v) is 3.78. The number of thiazole rings is 1. The zero-order valence-corrected chi connectivity index (χ0v) is 9.70. The Morgan fingerprint density at radius 3 is 3.08 bits per heavy atom. The minimum absolute atomic E-state index is 0.692. The highest BCUT2D eigenvalue weighted by molar-refractivity contribution is 9.09. The Hall–Kier alpha value is 0.110. The van der Waals surface area contributed by atoms with Gasteiger partial charge in [0.1, 0.15) is 0 Å². The maximum atomic E-state index is 4.24. The van der Waals surface area contributed by atoms with Crippen molar-refractivity contribution in [1.29, 1.82) is 0 Å². The highest BCUT2D eigenvalue weighted by atomic mass is 79.9. The van der Waals surface area contributed by atoms with Gasteiger partial charge in [-0.05, 0) is 25.7 Å². The van der Waals surface area contributed by atoms with Crippen LogP contribution in [0.25, 0.3) is 0 Å². The van der Waals surface area contributed by atoms with Crippen LogP contribution in [0.1, 0.15) is 31.2 Å². The summed E-state index contributed by atoms with van der Waals surface area (Å²) in [6.45, 7) is 2.21. The Morgan fingerprint density at radius 2 is 2.50 bits per heavy atom. The van der Waals surface area contributed by atoms with Crippen molar-refractivity contribution in [2.75, 3.05) is 0 Å². The van der Waals surface area contributed by atoms with Gasteiger partial charge in [-0.2, -0.15) is 0 Å². The van der Waals surface area contributed by atoms with Crippen molar-refractivity contribution < 1.29 is 0 Å². The molecule has 1 aromatic rings. The van der Waals surface area contributed by atoms with Crippen molar-refractivity contribution in [2.24, 2.45) is 0 Å². The van der Waals surface area contributed by atoms with E-state index in [0.717, 1.165) is 6.42 Å². The van der Waals surface area contributed by atoms with Gasteiger partial charge in [0.15, 0.2) is 0 Å². The lowest BCUT2D eigenvalue weighted by Crippen LogP contribution is -1.95. The van der Waals surface area contributed by atoms with Crippen molar-refractivity contribution in [2.45, 2.75) is 37.4 Å². The first kappa shape index (κ1) is 10.2. The van der Waals surface area contributed by atoms with E-state index < -0.39 is 0 Å². The summed E-state index contributed by atoms with van der Waals surface area (Å²) in [7, 11) is 0. The number of hydrogen-bond acceptors (Lipinski definition) is 2. The molecule has 0 aliphatic carbocycles. The Kier molecular flexibility index (Phi) is 4.84. The predicted molar refractivity (Wildman–Crippen MR) is 58.1 cm³/mol. The van der Waals surface area contributed by atoms with E-state index in [2.05, 4.69) is 27.8 Å². The summed E-state index contributed by atoms with van der Waals surface area (Å²) in [6, 6.07) is 0. The summed E-state index contributed by atoms with van der Waals surface area (Å²) < 4.78 is 0. The summed E-state index contributed by atoms with van der Waals surface area (Å²) in [4.78, 5) is 4.93. The predicted octanol–water partition coefficient (Wildman–Crippen LogP) is 3.64. The van der Waals surface area contributed by atoms with Crippen LogP contribution >= 0.6 is 27.3 Å². The lowest BCUT2D eigenvalue weighted by Gasteiger charge is -2.03. The quantitative estimate of drug-likeness (QED) is 0.725. The zero-order valence-electron chi connectivity index (χ0n) is 7.29. The van der Waals surface area contributed by atoms with Gasteiger partial charge in [-0.25, -0.2) is 4.98 Å². The third kappa shape index (κ3) is 3.68. The van der Waals surface area contributed by atoms with Crippen LogP contribution in [0.5, 0.6) is 0 Å². The Balaban J connectivity index is 2.11. The number of aryl methyl sites for hydroxylation is 1. The van der Waals surface area contributed by atoms with Crippen LogP contribution in [-0.4, -0.2) is 9.81 Å². The van der Waals surface area contributed by atoms with Crippen LogP contribution < -0.4 is 0 Å². The number of hydrogen-bond donors (Lipinski definition) is 0. The minimum Gasteiger partial charge on any atom is -0.250 e. The second-order valence-electron chi connectivity index (χ2n) is 2.82. The fraction of sp³-hybridized carbons (Fsp3) is 0.667. The molecule has 0 aromatic carbocycles. The molecular formula is C9H14BrNS. The van der Waals surface area contributed by atoms with Gasteiger partial charge in [0.25, 0.3) is 0 Å². The van der Waals surface area contributed by atoms with Crippen molar-refractivity contribution in [3.63, 3.8) is 0 Å². The molecule has 12 heavy (non-hydrogen) atoms. The molecule has 1 rings (SSSR count). The highest BCUT2D eigenvalue weighted by Crippen LogP contribution is 2.15. The summed E-state index contributed by atoms with van der Waals surface area (Å²) in [5, 5.41) is 3.31. The van der Waals surface area contributed by atoms with Gasteiger partial charge in [0.05, 0.1) is 5.01 Å². The van der Waals surface area contributed by atoms with E-state index in [1.165, 1.54) is 24.3 Å². The molecule has 0 amide bonds. The van der Waals surface area contributed by atoms with E-state index in [9.17, 15) is 0 Å². The normalized spacial score (nSPS) is 13.2. The summed E-state index contributed by atoms with van der Waals surface area (Å²) in [5.41, 5.74) is 0. The molecule has 0 radical (unpaired) electrons. The lowest BCUT2D eigenvalue weighted by atomic mass is 10.2. The lowest BCUT2D eigenvalue weighted by molar-refractivity contribution is 0.688. The molecule has 0 spiro atoms. The first-order chi connectivity index (χ1) is 5.83. The van der Waals surface area contributed by atoms with E-state index in [0.29, 0.717) is 4.83 Å². The van der Waals surface area contributed by atoms with Crippen molar-refractivity contribution in [1.82, 2.24) is 4.98 Å². The van der Waals surface area contributed by atoms with Crippen LogP contribution in [0.4, 0.5) is 0 Å². The zero-order chi connectivity index (χ0) is 8.81. The molecule has 0 saturated carbocycles. The fourth-order valence-electron chi connectivity index (χ4n) is 1.06. The molecule has 1 aromatic heterocycles. The van der Waals surface area contributed by atoms with E-state index in [1.807, 2.05) is 11.6 Å². The van der Waals surface area contributed by atoms with Gasteiger partial charge >= 0.3 is 0 Å². The molecule has 1 heterocycles. The standard InChI is InChI=1S/C9H14BrNS/c1-2-8(10)4-3-5-9-11-6-7-12-9/h6-8H,2-5H2,1H3. The van der Waals surface area contributed by atoms with Gasteiger partial charge in [-0.3, -0.25) is 0 Å². The third-order valence-electron chi connectivity index (χ3n) is 1.83. The second kappa shape index (κ2) is 5.70. The Morgan fingerprint density at radius 1 is 1.67 bits per heavy atom. The van der Waals surface area contributed by atoms with Crippen LogP contribution in [0.2, 0.25) is 0 Å². The molecule has 68 valence electrons. The molecule has 1 nitrogen and oxygen atoms in total. The topological polar surface area (TPSA) is 12.9 Å². The van der Waals surface area contributed by atoms with E-state index in [1.54, 1.807) is 11.3 Å². The summed E-state index contributed by atoms with van der Waals surface area (Å²) in [6.07, 6.45) is 6.75. The number of halogens is 1. The molecule has 0 aliphatic rings. The molecule has 3 heteroatoms. The largest absolute Gasteiger partial charge is 0.250 e. The number of rotatable bonds is 5. The molecule has 0 aliphatic heterocycles. The average molecular weight is 248 g/mol. The molecule has 0 N–H and O–H groups in total. The van der Waals surface area contributed by atoms with Gasteiger partial charge < -0.3 is 0 Å². The molecule has 1 atom stereocenters. The maximum Gasteiger partial charge on any atom is 0.0924 e. The van der Waals surface area contributed by atoms with Crippen LogP contribution in [0.15, 0.2) is 11.6 Å². The smallest absolute Gasteiger partial charge is 0.0924 e. The number of nitrogens with zero attached hydrogens (tertiary/aromatic N) is 1. The Labute approximate surface area is 86.3 Å². The Bertz CT molecular complexity index is 198. The van der Waals surface area contributed by atoms with Crippen molar-refractivity contribution in [3.05, 3.63) is 16.6 Å². The maximum absolute atomic E-state index is 4.24.